The summed E-state index contributed by atoms with van der Waals surface area (Å²) in [5.41, 5.74) is 6.89. The van der Waals surface area contributed by atoms with Gasteiger partial charge in [0.25, 0.3) is 0 Å². The average Bonchev–Trinajstić information content (AvgIpc) is 3.45. The van der Waals surface area contributed by atoms with Gasteiger partial charge in [-0.25, -0.2) is 4.98 Å². The molecular formula is C25H18BrN5OS. The summed E-state index contributed by atoms with van der Waals surface area (Å²) in [7, 11) is 0. The molecule has 4 aromatic rings. The molecule has 0 aliphatic carbocycles. The number of nitrogens with zero attached hydrogens (tertiary/aromatic N) is 3. The van der Waals surface area contributed by atoms with Gasteiger partial charge in [0.05, 0.1) is 17.1 Å². The monoisotopic (exact) mass is 515 g/mol. The number of hydrogen-bond acceptors (Lipinski definition) is 6. The quantitative estimate of drug-likeness (QED) is 0.311. The van der Waals surface area contributed by atoms with Crippen LogP contribution in [-0.4, -0.2) is 33.6 Å². The molecule has 1 aromatic heterocycles. The Bertz CT molecular complexity index is 1330. The van der Waals surface area contributed by atoms with E-state index < -0.39 is 0 Å². The van der Waals surface area contributed by atoms with Gasteiger partial charge in [0.15, 0.2) is 5.16 Å². The van der Waals surface area contributed by atoms with Gasteiger partial charge >= 0.3 is 0 Å². The van der Waals surface area contributed by atoms with E-state index in [4.69, 9.17) is 9.72 Å². The van der Waals surface area contributed by atoms with E-state index in [2.05, 4.69) is 60.7 Å². The second kappa shape index (κ2) is 8.53. The highest BCUT2D eigenvalue weighted by Crippen LogP contribution is 2.34. The zero-order chi connectivity index (χ0) is 22.2. The minimum Gasteiger partial charge on any atom is -0.449 e. The third-order valence-corrected chi connectivity index (χ3v) is 6.79. The lowest BCUT2D eigenvalue weighted by Crippen LogP contribution is -2.32. The molecule has 3 aromatic carbocycles. The van der Waals surface area contributed by atoms with Crippen molar-refractivity contribution in [3.63, 3.8) is 0 Å². The second-order valence-corrected chi connectivity index (χ2v) is 9.48. The van der Waals surface area contributed by atoms with E-state index in [0.29, 0.717) is 11.7 Å². The van der Waals surface area contributed by atoms with Crippen molar-refractivity contribution in [2.75, 3.05) is 11.1 Å². The summed E-state index contributed by atoms with van der Waals surface area (Å²) in [4.78, 5) is 8.38. The first-order valence-electron chi connectivity index (χ1n) is 10.5. The lowest BCUT2D eigenvalue weighted by Gasteiger charge is -2.18. The number of rotatable bonds is 5. The maximum Gasteiger partial charge on any atom is 0.221 e. The number of H-pyrrole nitrogens is 1. The van der Waals surface area contributed by atoms with E-state index >= 15 is 0 Å². The zero-order valence-electron chi connectivity index (χ0n) is 17.3. The van der Waals surface area contributed by atoms with Crippen LogP contribution in [0.5, 0.6) is 0 Å². The smallest absolute Gasteiger partial charge is 0.221 e. The van der Waals surface area contributed by atoms with E-state index in [-0.39, 0.29) is 6.23 Å². The Hall–Kier alpha value is -3.36. The third-order valence-electron chi connectivity index (χ3n) is 5.44. The largest absolute Gasteiger partial charge is 0.449 e. The van der Waals surface area contributed by atoms with Crippen LogP contribution >= 0.6 is 27.7 Å². The second-order valence-electron chi connectivity index (χ2n) is 7.60. The predicted molar refractivity (Wildman–Crippen MR) is 137 cm³/mol. The number of nitrogens with one attached hydrogen (secondary N) is 2. The number of halogens is 1. The van der Waals surface area contributed by atoms with E-state index in [9.17, 15) is 0 Å². The van der Waals surface area contributed by atoms with Crippen LogP contribution in [0.3, 0.4) is 0 Å². The molecule has 0 amide bonds. The van der Waals surface area contributed by atoms with Crippen LogP contribution in [0.4, 0.5) is 5.69 Å². The fourth-order valence-corrected chi connectivity index (χ4v) is 4.97. The van der Waals surface area contributed by atoms with Crippen LogP contribution in [0.1, 0.15) is 5.56 Å². The van der Waals surface area contributed by atoms with Crippen LogP contribution in [0.15, 0.2) is 98.7 Å². The average molecular weight is 516 g/mol. The molecule has 2 N–H and O–H groups in total. The van der Waals surface area contributed by atoms with Gasteiger partial charge in [-0.15, -0.1) is 10.2 Å². The van der Waals surface area contributed by atoms with Crippen molar-refractivity contribution < 1.29 is 4.74 Å². The highest BCUT2D eigenvalue weighted by Gasteiger charge is 2.33. The molecule has 33 heavy (non-hydrogen) atoms. The molecule has 0 spiro atoms. The molecule has 3 heterocycles. The minimum absolute atomic E-state index is 0.321. The van der Waals surface area contributed by atoms with Crippen LogP contribution in [-0.2, 0) is 4.74 Å². The summed E-state index contributed by atoms with van der Waals surface area (Å²) < 4.78 is 7.09. The molecular weight excluding hydrogens is 498 g/mol. The molecule has 6 rings (SSSR count). The van der Waals surface area contributed by atoms with E-state index in [1.165, 1.54) is 0 Å². The lowest BCUT2D eigenvalue weighted by molar-refractivity contribution is 0.276. The van der Waals surface area contributed by atoms with Gasteiger partial charge in [-0.2, -0.15) is 0 Å². The topological polar surface area (TPSA) is 74.7 Å². The molecule has 1 unspecified atom stereocenters. The Morgan fingerprint density at radius 1 is 0.909 bits per heavy atom. The van der Waals surface area contributed by atoms with Crippen molar-refractivity contribution in [3.05, 3.63) is 88.9 Å². The number of benzene rings is 3. The molecule has 0 bridgehead atoms. The van der Waals surface area contributed by atoms with E-state index in [1.807, 2.05) is 54.6 Å². The van der Waals surface area contributed by atoms with Crippen molar-refractivity contribution >= 4 is 45.0 Å². The first kappa shape index (κ1) is 20.3. The van der Waals surface area contributed by atoms with Crippen molar-refractivity contribution in [2.24, 2.45) is 10.2 Å². The minimum atomic E-state index is -0.321. The van der Waals surface area contributed by atoms with Crippen molar-refractivity contribution in [1.29, 1.82) is 0 Å². The Labute approximate surface area is 203 Å². The van der Waals surface area contributed by atoms with Gasteiger partial charge in [-0.1, -0.05) is 88.4 Å². The summed E-state index contributed by atoms with van der Waals surface area (Å²) in [5, 5.41) is 12.9. The molecule has 0 fully saturated rings. The van der Waals surface area contributed by atoms with Crippen molar-refractivity contribution in [3.8, 4) is 22.5 Å². The molecule has 6 nitrogen and oxygen atoms in total. The molecule has 0 saturated carbocycles. The molecule has 2 aliphatic heterocycles. The highest BCUT2D eigenvalue weighted by molar-refractivity contribution is 9.10. The van der Waals surface area contributed by atoms with Crippen molar-refractivity contribution in [1.82, 2.24) is 9.97 Å². The van der Waals surface area contributed by atoms with Gasteiger partial charge in [0, 0.05) is 26.9 Å². The van der Waals surface area contributed by atoms with Crippen molar-refractivity contribution in [2.45, 2.75) is 11.4 Å². The first-order chi connectivity index (χ1) is 16.2. The van der Waals surface area contributed by atoms with Gasteiger partial charge in [0.1, 0.15) is 5.71 Å². The number of thioether (sulfide) groups is 1. The van der Waals surface area contributed by atoms with Crippen LogP contribution in [0, 0.1) is 0 Å². The van der Waals surface area contributed by atoms with E-state index in [1.54, 1.807) is 11.8 Å². The van der Waals surface area contributed by atoms with Crippen LogP contribution < -0.4 is 5.32 Å². The Kier molecular flexibility index (Phi) is 5.24. The number of fused-ring (bicyclic) bond motifs is 3. The van der Waals surface area contributed by atoms with E-state index in [0.717, 1.165) is 49.1 Å². The number of ether oxygens (including phenoxy) is 1. The summed E-state index contributed by atoms with van der Waals surface area (Å²) >= 11 is 5.06. The molecule has 1 atom stereocenters. The van der Waals surface area contributed by atoms with Crippen LogP contribution in [0.2, 0.25) is 0 Å². The first-order valence-corrected chi connectivity index (χ1v) is 12.2. The standard InChI is InChI=1S/C25H18BrN5OS/c26-17-11-12-19-18(13-17)23-24(27-19)32-20(30-31-23)14-33-25-28-21(15-7-3-1-4-8-15)22(29-25)16-9-5-2-6-10-16/h1-13,24,27H,14H2,(H,28,29). The fourth-order valence-electron chi connectivity index (χ4n) is 3.90. The summed E-state index contributed by atoms with van der Waals surface area (Å²) in [5.74, 6) is 1.08. The summed E-state index contributed by atoms with van der Waals surface area (Å²) in [6.45, 7) is 0. The molecule has 2 aliphatic rings. The lowest BCUT2D eigenvalue weighted by atomic mass is 10.1. The Balaban J connectivity index is 1.24. The Morgan fingerprint density at radius 2 is 1.67 bits per heavy atom. The van der Waals surface area contributed by atoms with Gasteiger partial charge in [0.2, 0.25) is 12.1 Å². The number of hydrogen-bond donors (Lipinski definition) is 2. The number of aromatic nitrogens is 2. The summed E-state index contributed by atoms with van der Waals surface area (Å²) in [6.07, 6.45) is -0.321. The molecule has 0 saturated heterocycles. The SMILES string of the molecule is Brc1ccc2c(c1)C1=NN=C(CSc3nc(-c4ccccc4)c(-c4ccccc4)[nH]3)OC1N2. The molecule has 162 valence electrons. The van der Waals surface area contributed by atoms with Gasteiger partial charge in [-0.3, -0.25) is 0 Å². The molecule has 8 heteroatoms. The maximum atomic E-state index is 6.09. The zero-order valence-corrected chi connectivity index (χ0v) is 19.7. The predicted octanol–water partition coefficient (Wildman–Crippen LogP) is 6.18. The number of imidazole rings is 1. The van der Waals surface area contributed by atoms with Gasteiger partial charge in [-0.05, 0) is 18.2 Å². The normalized spacial score (nSPS) is 16.2. The molecule has 0 radical (unpaired) electrons. The summed E-state index contributed by atoms with van der Waals surface area (Å²) in [6, 6.07) is 26.5. The fraction of sp³-hybridized carbons (Fsp3) is 0.0800. The number of anilines is 1. The number of aromatic amines is 1. The maximum absolute atomic E-state index is 6.09. The van der Waals surface area contributed by atoms with Crippen LogP contribution in [0.25, 0.3) is 22.5 Å². The Morgan fingerprint density at radius 3 is 2.45 bits per heavy atom. The van der Waals surface area contributed by atoms with Gasteiger partial charge < -0.3 is 15.0 Å². The highest BCUT2D eigenvalue weighted by atomic mass is 79.9. The third kappa shape index (κ3) is 3.96.